The fourth-order valence-corrected chi connectivity index (χ4v) is 3.57. The zero-order chi connectivity index (χ0) is 20.8. The first-order valence-corrected chi connectivity index (χ1v) is 9.81. The monoisotopic (exact) mass is 456 g/mol. The Morgan fingerprint density at radius 1 is 1.07 bits per heavy atom. The minimum atomic E-state index is -0.306. The predicted octanol–water partition coefficient (Wildman–Crippen LogP) is 4.61. The molecule has 2 amide bonds. The average molecular weight is 457 g/mol. The SMILES string of the molecule is Cc1cc(Br)cc(C)c1OCC(=O)Nc1cccc(C(=O)NCc2ccco2)c1. The van der Waals surface area contributed by atoms with E-state index in [0.29, 0.717) is 29.3 Å². The molecule has 0 aliphatic heterocycles. The van der Waals surface area contributed by atoms with Crippen LogP contribution in [-0.2, 0) is 11.3 Å². The number of furan rings is 1. The molecule has 6 nitrogen and oxygen atoms in total. The molecule has 0 saturated heterocycles. The molecule has 0 fully saturated rings. The zero-order valence-electron chi connectivity index (χ0n) is 16.1. The van der Waals surface area contributed by atoms with E-state index >= 15 is 0 Å². The number of amides is 2. The molecule has 0 atom stereocenters. The molecule has 2 aromatic carbocycles. The van der Waals surface area contributed by atoms with Crippen molar-refractivity contribution in [2.45, 2.75) is 20.4 Å². The van der Waals surface area contributed by atoms with Crippen LogP contribution in [0.15, 0.2) is 63.7 Å². The van der Waals surface area contributed by atoms with Crippen molar-refractivity contribution in [1.82, 2.24) is 5.32 Å². The molecular formula is C22H21BrN2O4. The van der Waals surface area contributed by atoms with Crippen molar-refractivity contribution in [3.63, 3.8) is 0 Å². The lowest BCUT2D eigenvalue weighted by molar-refractivity contribution is -0.118. The number of carbonyl (C=O) groups is 2. The number of anilines is 1. The molecule has 0 bridgehead atoms. The van der Waals surface area contributed by atoms with Gasteiger partial charge in [0.2, 0.25) is 0 Å². The minimum absolute atomic E-state index is 0.127. The molecular weight excluding hydrogens is 436 g/mol. The summed E-state index contributed by atoms with van der Waals surface area (Å²) in [5, 5.41) is 5.53. The van der Waals surface area contributed by atoms with E-state index in [1.54, 1.807) is 42.7 Å². The van der Waals surface area contributed by atoms with E-state index in [0.717, 1.165) is 15.6 Å². The lowest BCUT2D eigenvalue weighted by Gasteiger charge is -2.13. The van der Waals surface area contributed by atoms with Gasteiger partial charge in [-0.3, -0.25) is 9.59 Å². The number of hydrogen-bond donors (Lipinski definition) is 2. The maximum absolute atomic E-state index is 12.3. The molecule has 0 aliphatic rings. The van der Waals surface area contributed by atoms with Crippen molar-refractivity contribution in [3.05, 3.63) is 81.7 Å². The highest BCUT2D eigenvalue weighted by molar-refractivity contribution is 9.10. The van der Waals surface area contributed by atoms with Crippen LogP contribution in [0.5, 0.6) is 5.75 Å². The van der Waals surface area contributed by atoms with Crippen LogP contribution in [0.25, 0.3) is 0 Å². The highest BCUT2D eigenvalue weighted by Crippen LogP contribution is 2.27. The van der Waals surface area contributed by atoms with Gasteiger partial charge in [0.15, 0.2) is 6.61 Å². The number of aryl methyl sites for hydroxylation is 2. The van der Waals surface area contributed by atoms with Gasteiger partial charge in [0.25, 0.3) is 11.8 Å². The number of carbonyl (C=O) groups excluding carboxylic acids is 2. The Balaban J connectivity index is 1.57. The van der Waals surface area contributed by atoms with Crippen molar-refractivity contribution in [3.8, 4) is 5.75 Å². The molecule has 0 saturated carbocycles. The molecule has 3 aromatic rings. The maximum atomic E-state index is 12.3. The first kappa shape index (κ1) is 20.7. The summed E-state index contributed by atoms with van der Waals surface area (Å²) < 4.78 is 11.9. The van der Waals surface area contributed by atoms with Gasteiger partial charge in [-0.25, -0.2) is 0 Å². The van der Waals surface area contributed by atoms with Crippen LogP contribution in [-0.4, -0.2) is 18.4 Å². The molecule has 1 aromatic heterocycles. The quantitative estimate of drug-likeness (QED) is 0.543. The van der Waals surface area contributed by atoms with E-state index in [1.165, 1.54) is 0 Å². The summed E-state index contributed by atoms with van der Waals surface area (Å²) in [4.78, 5) is 24.6. The van der Waals surface area contributed by atoms with Crippen LogP contribution in [0.2, 0.25) is 0 Å². The molecule has 7 heteroatoms. The summed E-state index contributed by atoms with van der Waals surface area (Å²) in [5.41, 5.74) is 2.85. The Morgan fingerprint density at radius 3 is 2.52 bits per heavy atom. The minimum Gasteiger partial charge on any atom is -0.483 e. The topological polar surface area (TPSA) is 80.6 Å². The van der Waals surface area contributed by atoms with E-state index in [9.17, 15) is 9.59 Å². The third kappa shape index (κ3) is 5.71. The van der Waals surface area contributed by atoms with Gasteiger partial charge in [-0.1, -0.05) is 22.0 Å². The molecule has 3 rings (SSSR count). The van der Waals surface area contributed by atoms with Crippen molar-refractivity contribution >= 4 is 33.4 Å². The van der Waals surface area contributed by atoms with Crippen LogP contribution in [0.3, 0.4) is 0 Å². The first-order valence-electron chi connectivity index (χ1n) is 9.02. The molecule has 29 heavy (non-hydrogen) atoms. The summed E-state index contributed by atoms with van der Waals surface area (Å²) in [6.45, 7) is 4.02. The number of rotatable bonds is 7. The summed E-state index contributed by atoms with van der Waals surface area (Å²) in [5.74, 6) is 0.794. The number of hydrogen-bond acceptors (Lipinski definition) is 4. The molecule has 0 unspecified atom stereocenters. The van der Waals surface area contributed by atoms with E-state index in [1.807, 2.05) is 26.0 Å². The Hall–Kier alpha value is -3.06. The van der Waals surface area contributed by atoms with Crippen molar-refractivity contribution in [2.75, 3.05) is 11.9 Å². The van der Waals surface area contributed by atoms with Crippen LogP contribution in [0.4, 0.5) is 5.69 Å². The first-order chi connectivity index (χ1) is 13.9. The second-order valence-corrected chi connectivity index (χ2v) is 7.46. The third-order valence-electron chi connectivity index (χ3n) is 4.18. The zero-order valence-corrected chi connectivity index (χ0v) is 17.7. The summed E-state index contributed by atoms with van der Waals surface area (Å²) in [6, 6.07) is 14.1. The summed E-state index contributed by atoms with van der Waals surface area (Å²) in [7, 11) is 0. The molecule has 1 heterocycles. The van der Waals surface area contributed by atoms with Gasteiger partial charge >= 0.3 is 0 Å². The van der Waals surface area contributed by atoms with E-state index in [2.05, 4.69) is 26.6 Å². The average Bonchev–Trinajstić information content (AvgIpc) is 3.19. The highest BCUT2D eigenvalue weighted by Gasteiger charge is 2.11. The van der Waals surface area contributed by atoms with Crippen LogP contribution in [0, 0.1) is 13.8 Å². The van der Waals surface area contributed by atoms with Crippen molar-refractivity contribution < 1.29 is 18.7 Å². The number of ether oxygens (including phenoxy) is 1. The smallest absolute Gasteiger partial charge is 0.262 e. The van der Waals surface area contributed by atoms with E-state index < -0.39 is 0 Å². The van der Waals surface area contributed by atoms with Gasteiger partial charge in [-0.2, -0.15) is 0 Å². The van der Waals surface area contributed by atoms with Gasteiger partial charge < -0.3 is 19.8 Å². The Morgan fingerprint density at radius 2 is 1.83 bits per heavy atom. The maximum Gasteiger partial charge on any atom is 0.262 e. The Labute approximate surface area is 177 Å². The molecule has 150 valence electrons. The van der Waals surface area contributed by atoms with E-state index in [-0.39, 0.29) is 18.4 Å². The standard InChI is InChI=1S/C22H21BrN2O4/c1-14-9-17(23)10-15(2)21(14)29-13-20(26)25-18-6-3-5-16(11-18)22(27)24-12-19-7-4-8-28-19/h3-11H,12-13H2,1-2H3,(H,24,27)(H,25,26). The van der Waals surface area contributed by atoms with Crippen LogP contribution >= 0.6 is 15.9 Å². The molecule has 0 spiro atoms. The number of halogens is 1. The predicted molar refractivity (Wildman–Crippen MR) is 114 cm³/mol. The van der Waals surface area contributed by atoms with Gasteiger partial charge in [-0.15, -0.1) is 0 Å². The second-order valence-electron chi connectivity index (χ2n) is 6.55. The van der Waals surface area contributed by atoms with Gasteiger partial charge in [-0.05, 0) is 67.4 Å². The lowest BCUT2D eigenvalue weighted by Crippen LogP contribution is -2.23. The number of nitrogens with one attached hydrogen (secondary N) is 2. The molecule has 0 radical (unpaired) electrons. The van der Waals surface area contributed by atoms with E-state index in [4.69, 9.17) is 9.15 Å². The summed E-state index contributed by atoms with van der Waals surface area (Å²) >= 11 is 3.44. The largest absolute Gasteiger partial charge is 0.483 e. The lowest BCUT2D eigenvalue weighted by atomic mass is 10.1. The third-order valence-corrected chi connectivity index (χ3v) is 4.64. The Kier molecular flexibility index (Phi) is 6.72. The van der Waals surface area contributed by atoms with Crippen LogP contribution < -0.4 is 15.4 Å². The fourth-order valence-electron chi connectivity index (χ4n) is 2.88. The Bertz CT molecular complexity index is 992. The van der Waals surface area contributed by atoms with Crippen LogP contribution in [0.1, 0.15) is 27.2 Å². The number of benzene rings is 2. The molecule has 0 aliphatic carbocycles. The van der Waals surface area contributed by atoms with Gasteiger partial charge in [0.1, 0.15) is 11.5 Å². The fraction of sp³-hybridized carbons (Fsp3) is 0.182. The van der Waals surface area contributed by atoms with Crippen molar-refractivity contribution in [2.24, 2.45) is 0 Å². The second kappa shape index (κ2) is 9.43. The summed E-state index contributed by atoms with van der Waals surface area (Å²) in [6.07, 6.45) is 1.55. The normalized spacial score (nSPS) is 10.4. The van der Waals surface area contributed by atoms with Crippen molar-refractivity contribution in [1.29, 1.82) is 0 Å². The molecule has 2 N–H and O–H groups in total. The van der Waals surface area contributed by atoms with Gasteiger partial charge in [0.05, 0.1) is 12.8 Å². The highest BCUT2D eigenvalue weighted by atomic mass is 79.9. The van der Waals surface area contributed by atoms with Gasteiger partial charge in [0, 0.05) is 15.7 Å².